The summed E-state index contributed by atoms with van der Waals surface area (Å²) >= 11 is 5.80. The van der Waals surface area contributed by atoms with E-state index < -0.39 is 0 Å². The highest BCUT2D eigenvalue weighted by molar-refractivity contribution is 6.33. The Balaban J connectivity index is 3.36. The highest BCUT2D eigenvalue weighted by atomic mass is 35.5. The summed E-state index contributed by atoms with van der Waals surface area (Å²) in [4.78, 5) is 21.6. The quantitative estimate of drug-likeness (QED) is 0.538. The first kappa shape index (κ1) is 9.93. The van der Waals surface area contributed by atoms with Gasteiger partial charge in [0.15, 0.2) is 12.1 Å². The fraction of sp³-hybridized carbons (Fsp3) is 0.200. The van der Waals surface area contributed by atoms with Crippen molar-refractivity contribution in [3.63, 3.8) is 0 Å². The summed E-state index contributed by atoms with van der Waals surface area (Å²) < 4.78 is 0. The van der Waals surface area contributed by atoms with Crippen molar-refractivity contribution < 1.29 is 9.59 Å². The number of Topliss-reactive ketones (excluding diaryl/α,β-unsaturated/α-hetero) is 1. The van der Waals surface area contributed by atoms with Crippen molar-refractivity contribution in [3.05, 3.63) is 33.8 Å². The van der Waals surface area contributed by atoms with Crippen LogP contribution in [-0.4, -0.2) is 12.1 Å². The molecule has 0 aliphatic carbocycles. The fourth-order valence-corrected chi connectivity index (χ4v) is 1.42. The van der Waals surface area contributed by atoms with Gasteiger partial charge in [0.2, 0.25) is 0 Å². The predicted molar refractivity (Wildman–Crippen MR) is 51.6 cm³/mol. The number of ketones is 1. The van der Waals surface area contributed by atoms with Crippen LogP contribution in [-0.2, 0) is 0 Å². The van der Waals surface area contributed by atoms with Gasteiger partial charge in [0.1, 0.15) is 0 Å². The lowest BCUT2D eigenvalue weighted by molar-refractivity contribution is 0.101. The minimum Gasteiger partial charge on any atom is -0.298 e. The molecular formula is C10H9ClO2. The van der Waals surface area contributed by atoms with Crippen LogP contribution in [0.2, 0.25) is 5.02 Å². The van der Waals surface area contributed by atoms with E-state index in [0.29, 0.717) is 22.4 Å². The van der Waals surface area contributed by atoms with Crippen molar-refractivity contribution in [3.8, 4) is 0 Å². The van der Waals surface area contributed by atoms with Crippen molar-refractivity contribution in [2.45, 2.75) is 13.8 Å². The minimum atomic E-state index is -0.0533. The lowest BCUT2D eigenvalue weighted by atomic mass is 10.0. The van der Waals surface area contributed by atoms with E-state index in [-0.39, 0.29) is 5.78 Å². The maximum absolute atomic E-state index is 11.0. The summed E-state index contributed by atoms with van der Waals surface area (Å²) in [5, 5.41) is 0.334. The second-order valence-electron chi connectivity index (χ2n) is 2.86. The number of halogens is 1. The van der Waals surface area contributed by atoms with Crippen molar-refractivity contribution >= 4 is 23.7 Å². The average Bonchev–Trinajstić information content (AvgIpc) is 2.03. The van der Waals surface area contributed by atoms with Crippen LogP contribution in [0.4, 0.5) is 0 Å². The monoisotopic (exact) mass is 196 g/mol. The maximum atomic E-state index is 11.0. The highest BCUT2D eigenvalue weighted by Gasteiger charge is 2.07. The zero-order chi connectivity index (χ0) is 10.0. The Hall–Kier alpha value is -1.15. The van der Waals surface area contributed by atoms with Crippen molar-refractivity contribution in [2.24, 2.45) is 0 Å². The molecule has 68 valence electrons. The molecule has 1 aromatic rings. The highest BCUT2D eigenvalue weighted by Crippen LogP contribution is 2.20. The SMILES string of the molecule is CC(=O)c1cc(C)c(C=O)c(Cl)c1. The molecule has 0 bridgehead atoms. The topological polar surface area (TPSA) is 34.1 Å². The van der Waals surface area contributed by atoms with Gasteiger partial charge < -0.3 is 0 Å². The summed E-state index contributed by atoms with van der Waals surface area (Å²) in [7, 11) is 0. The average molecular weight is 197 g/mol. The molecule has 0 aliphatic rings. The van der Waals surface area contributed by atoms with Gasteiger partial charge in [-0.05, 0) is 31.5 Å². The molecule has 0 aliphatic heterocycles. The molecular weight excluding hydrogens is 188 g/mol. The maximum Gasteiger partial charge on any atom is 0.159 e. The van der Waals surface area contributed by atoms with E-state index in [2.05, 4.69) is 0 Å². The molecule has 1 rings (SSSR count). The summed E-state index contributed by atoms with van der Waals surface area (Å²) in [5.41, 5.74) is 1.72. The summed E-state index contributed by atoms with van der Waals surface area (Å²) in [6.45, 7) is 3.22. The predicted octanol–water partition coefficient (Wildman–Crippen LogP) is 2.66. The zero-order valence-corrected chi connectivity index (χ0v) is 8.18. The van der Waals surface area contributed by atoms with Gasteiger partial charge in [0.05, 0.1) is 5.02 Å². The van der Waals surface area contributed by atoms with E-state index in [0.717, 1.165) is 5.56 Å². The van der Waals surface area contributed by atoms with Crippen LogP contribution >= 0.6 is 11.6 Å². The van der Waals surface area contributed by atoms with E-state index in [4.69, 9.17) is 11.6 Å². The number of aryl methyl sites for hydroxylation is 1. The van der Waals surface area contributed by atoms with Gasteiger partial charge in [-0.15, -0.1) is 0 Å². The molecule has 1 aromatic carbocycles. The molecule has 0 heterocycles. The Bertz CT molecular complexity index is 346. The smallest absolute Gasteiger partial charge is 0.159 e. The van der Waals surface area contributed by atoms with E-state index in [1.54, 1.807) is 13.0 Å². The fourth-order valence-electron chi connectivity index (χ4n) is 1.11. The minimum absolute atomic E-state index is 0.0533. The lowest BCUT2D eigenvalue weighted by Gasteiger charge is -2.03. The molecule has 13 heavy (non-hydrogen) atoms. The lowest BCUT2D eigenvalue weighted by Crippen LogP contribution is -1.96. The van der Waals surface area contributed by atoms with Crippen molar-refractivity contribution in [2.75, 3.05) is 0 Å². The molecule has 0 N–H and O–H groups in total. The van der Waals surface area contributed by atoms with E-state index in [9.17, 15) is 9.59 Å². The number of carbonyl (C=O) groups excluding carboxylic acids is 2. The molecule has 3 heteroatoms. The van der Waals surface area contributed by atoms with Gasteiger partial charge in [-0.25, -0.2) is 0 Å². The summed E-state index contributed by atoms with van der Waals surface area (Å²) in [5.74, 6) is -0.0533. The van der Waals surface area contributed by atoms with Crippen molar-refractivity contribution in [1.29, 1.82) is 0 Å². The molecule has 0 radical (unpaired) electrons. The zero-order valence-electron chi connectivity index (χ0n) is 7.43. The van der Waals surface area contributed by atoms with Crippen molar-refractivity contribution in [1.82, 2.24) is 0 Å². The van der Waals surface area contributed by atoms with E-state index >= 15 is 0 Å². The molecule has 2 nitrogen and oxygen atoms in total. The van der Waals surface area contributed by atoms with Gasteiger partial charge in [-0.3, -0.25) is 9.59 Å². The molecule has 0 spiro atoms. The molecule has 0 unspecified atom stereocenters. The van der Waals surface area contributed by atoms with Gasteiger partial charge >= 0.3 is 0 Å². The van der Waals surface area contributed by atoms with Gasteiger partial charge in [-0.1, -0.05) is 11.6 Å². The Morgan fingerprint density at radius 3 is 2.46 bits per heavy atom. The number of hydrogen-bond donors (Lipinski definition) is 0. The third kappa shape index (κ3) is 1.95. The largest absolute Gasteiger partial charge is 0.298 e. The van der Waals surface area contributed by atoms with Gasteiger partial charge in [0.25, 0.3) is 0 Å². The van der Waals surface area contributed by atoms with E-state index in [1.807, 2.05) is 0 Å². The normalized spacial score (nSPS) is 9.77. The van der Waals surface area contributed by atoms with Crippen LogP contribution in [0.5, 0.6) is 0 Å². The molecule has 0 fully saturated rings. The molecule has 0 saturated carbocycles. The molecule has 0 amide bonds. The standard InChI is InChI=1S/C10H9ClO2/c1-6-3-8(7(2)13)4-10(11)9(6)5-12/h3-5H,1-2H3. The first-order valence-electron chi connectivity index (χ1n) is 3.82. The molecule has 0 saturated heterocycles. The van der Waals surface area contributed by atoms with Crippen LogP contribution in [0.15, 0.2) is 12.1 Å². The Morgan fingerprint density at radius 2 is 2.08 bits per heavy atom. The number of rotatable bonds is 2. The Kier molecular flexibility index (Phi) is 2.83. The van der Waals surface area contributed by atoms with Crippen LogP contribution in [0.25, 0.3) is 0 Å². The number of hydrogen-bond acceptors (Lipinski definition) is 2. The third-order valence-corrected chi connectivity index (χ3v) is 2.17. The second-order valence-corrected chi connectivity index (χ2v) is 3.27. The Labute approximate surface area is 81.5 Å². The number of carbonyl (C=O) groups is 2. The van der Waals surface area contributed by atoms with Crippen LogP contribution in [0, 0.1) is 6.92 Å². The number of aldehydes is 1. The van der Waals surface area contributed by atoms with Gasteiger partial charge in [0, 0.05) is 11.1 Å². The second kappa shape index (κ2) is 3.71. The van der Waals surface area contributed by atoms with Crippen LogP contribution in [0.3, 0.4) is 0 Å². The first-order chi connectivity index (χ1) is 6.06. The summed E-state index contributed by atoms with van der Waals surface area (Å²) in [6, 6.07) is 3.18. The number of benzene rings is 1. The van der Waals surface area contributed by atoms with Crippen LogP contribution < -0.4 is 0 Å². The third-order valence-electron chi connectivity index (χ3n) is 1.86. The molecule has 0 atom stereocenters. The molecule has 0 aromatic heterocycles. The Morgan fingerprint density at radius 1 is 1.46 bits per heavy atom. The van der Waals surface area contributed by atoms with Crippen LogP contribution in [0.1, 0.15) is 33.2 Å². The first-order valence-corrected chi connectivity index (χ1v) is 4.20. The van der Waals surface area contributed by atoms with E-state index in [1.165, 1.54) is 13.0 Å². The summed E-state index contributed by atoms with van der Waals surface area (Å²) in [6.07, 6.45) is 0.696. The van der Waals surface area contributed by atoms with Gasteiger partial charge in [-0.2, -0.15) is 0 Å².